The second-order valence-electron chi connectivity index (χ2n) is 8.39. The van der Waals surface area contributed by atoms with E-state index in [2.05, 4.69) is 35.1 Å². The highest BCUT2D eigenvalue weighted by molar-refractivity contribution is 5.74. The van der Waals surface area contributed by atoms with Crippen LogP contribution < -0.4 is 27.0 Å². The third-order valence-corrected chi connectivity index (χ3v) is 6.22. The van der Waals surface area contributed by atoms with E-state index in [0.29, 0.717) is 18.0 Å². The molecule has 0 bridgehead atoms. The van der Waals surface area contributed by atoms with E-state index in [1.54, 1.807) is 0 Å². The van der Waals surface area contributed by atoms with Crippen molar-refractivity contribution in [2.45, 2.75) is 89.8 Å². The molecule has 138 valence electrons. The lowest BCUT2D eigenvalue weighted by molar-refractivity contribution is 0.140. The minimum atomic E-state index is -0.257. The highest BCUT2D eigenvalue weighted by atomic mass is 16.2. The maximum absolute atomic E-state index is 12.4. The average molecular weight is 338 g/mol. The van der Waals surface area contributed by atoms with Crippen molar-refractivity contribution in [3.05, 3.63) is 0 Å². The van der Waals surface area contributed by atoms with E-state index in [1.165, 1.54) is 32.1 Å². The summed E-state index contributed by atoms with van der Waals surface area (Å²) in [5.41, 5.74) is 6.06. The van der Waals surface area contributed by atoms with Crippen molar-refractivity contribution in [3.63, 3.8) is 0 Å². The van der Waals surface area contributed by atoms with Crippen LogP contribution in [-0.4, -0.2) is 30.6 Å². The highest BCUT2D eigenvalue weighted by Crippen LogP contribution is 2.40. The van der Waals surface area contributed by atoms with Crippen LogP contribution in [0.25, 0.3) is 0 Å². The molecule has 24 heavy (non-hydrogen) atoms. The van der Waals surface area contributed by atoms with Gasteiger partial charge in [0.25, 0.3) is 0 Å². The van der Waals surface area contributed by atoms with Crippen LogP contribution in [0.4, 0.5) is 4.79 Å². The van der Waals surface area contributed by atoms with Gasteiger partial charge in [-0.15, -0.1) is 0 Å². The van der Waals surface area contributed by atoms with Gasteiger partial charge in [0.15, 0.2) is 0 Å². The Balaban J connectivity index is 1.45. The van der Waals surface area contributed by atoms with E-state index >= 15 is 0 Å². The van der Waals surface area contributed by atoms with Gasteiger partial charge in [-0.05, 0) is 43.4 Å². The van der Waals surface area contributed by atoms with Gasteiger partial charge in [-0.25, -0.2) is 4.79 Å². The van der Waals surface area contributed by atoms with Crippen LogP contribution in [0, 0.1) is 17.8 Å². The number of nitrogens with one attached hydrogen (secondary N) is 4. The predicted octanol–water partition coefficient (Wildman–Crippen LogP) is 1.82. The summed E-state index contributed by atoms with van der Waals surface area (Å²) < 4.78 is 0. The van der Waals surface area contributed by atoms with E-state index in [9.17, 15) is 4.79 Å². The Kier molecular flexibility index (Phi) is 6.00. The van der Waals surface area contributed by atoms with Crippen LogP contribution in [0.2, 0.25) is 0 Å². The van der Waals surface area contributed by atoms with E-state index in [-0.39, 0.29) is 18.5 Å². The lowest BCUT2D eigenvalue weighted by atomic mass is 9.69. The molecule has 2 aliphatic carbocycles. The Labute approximate surface area is 146 Å². The van der Waals surface area contributed by atoms with Crippen LogP contribution >= 0.6 is 0 Å². The summed E-state index contributed by atoms with van der Waals surface area (Å²) in [6, 6.07) is 0.558. The highest BCUT2D eigenvalue weighted by Gasteiger charge is 2.33. The number of hydrogen-bond donors (Lipinski definition) is 5. The molecule has 0 aromatic heterocycles. The van der Waals surface area contributed by atoms with Gasteiger partial charge < -0.3 is 16.4 Å². The summed E-state index contributed by atoms with van der Waals surface area (Å²) in [6.07, 6.45) is 9.59. The first kappa shape index (κ1) is 18.0. The van der Waals surface area contributed by atoms with Crippen molar-refractivity contribution in [2.24, 2.45) is 23.5 Å². The van der Waals surface area contributed by atoms with Crippen molar-refractivity contribution in [1.29, 1.82) is 0 Å². The molecule has 3 fully saturated rings. The Bertz CT molecular complexity index is 430. The van der Waals surface area contributed by atoms with Gasteiger partial charge in [0.05, 0.1) is 6.17 Å². The van der Waals surface area contributed by atoms with Gasteiger partial charge >= 0.3 is 6.03 Å². The van der Waals surface area contributed by atoms with Crippen LogP contribution in [-0.2, 0) is 0 Å². The summed E-state index contributed by atoms with van der Waals surface area (Å²) in [4.78, 5) is 12.4. The third-order valence-electron chi connectivity index (χ3n) is 6.22. The lowest BCUT2D eigenvalue weighted by Gasteiger charge is -2.40. The van der Waals surface area contributed by atoms with Crippen LogP contribution in [0.1, 0.15) is 65.2 Å². The molecule has 0 aromatic carbocycles. The van der Waals surface area contributed by atoms with Gasteiger partial charge in [-0.2, -0.15) is 0 Å². The molecule has 1 heterocycles. The molecule has 0 spiro atoms. The largest absolute Gasteiger partial charge is 0.335 e. The average Bonchev–Trinajstić information content (AvgIpc) is 2.54. The maximum atomic E-state index is 12.4. The fraction of sp³-hybridized carbons (Fsp3) is 0.944. The third kappa shape index (κ3) is 4.61. The molecule has 0 aromatic rings. The first-order valence-corrected chi connectivity index (χ1v) is 9.86. The molecule has 6 unspecified atom stereocenters. The van der Waals surface area contributed by atoms with E-state index < -0.39 is 0 Å². The number of carbonyl (C=O) groups is 1. The SMILES string of the molecule is CC(C)C1CC(N)NC(NC(=O)NC2CCC3CCCCC3C2)N1. The maximum Gasteiger partial charge on any atom is 0.317 e. The number of amides is 2. The number of hydrogen-bond acceptors (Lipinski definition) is 4. The summed E-state index contributed by atoms with van der Waals surface area (Å²) in [5, 5.41) is 12.8. The minimum absolute atomic E-state index is 0.0818. The number of rotatable bonds is 3. The van der Waals surface area contributed by atoms with Crippen molar-refractivity contribution in [2.75, 3.05) is 0 Å². The van der Waals surface area contributed by atoms with Gasteiger partial charge in [-0.3, -0.25) is 10.6 Å². The summed E-state index contributed by atoms with van der Waals surface area (Å²) >= 11 is 0. The molecule has 6 heteroatoms. The molecule has 6 atom stereocenters. The van der Waals surface area contributed by atoms with E-state index in [4.69, 9.17) is 5.73 Å². The first-order valence-electron chi connectivity index (χ1n) is 9.86. The zero-order valence-electron chi connectivity index (χ0n) is 15.2. The number of fused-ring (bicyclic) bond motifs is 1. The Morgan fingerprint density at radius 2 is 1.75 bits per heavy atom. The number of nitrogens with two attached hydrogens (primary N) is 1. The second-order valence-corrected chi connectivity index (χ2v) is 8.39. The molecule has 2 saturated carbocycles. The molecule has 3 aliphatic rings. The molecule has 1 saturated heterocycles. The Morgan fingerprint density at radius 1 is 1.00 bits per heavy atom. The molecule has 1 aliphatic heterocycles. The Morgan fingerprint density at radius 3 is 2.50 bits per heavy atom. The quantitative estimate of drug-likeness (QED) is 0.543. The topological polar surface area (TPSA) is 91.2 Å². The molecule has 2 amide bonds. The summed E-state index contributed by atoms with van der Waals surface area (Å²) in [5.74, 6) is 2.22. The van der Waals surface area contributed by atoms with Crippen molar-refractivity contribution < 1.29 is 4.79 Å². The summed E-state index contributed by atoms with van der Waals surface area (Å²) in [7, 11) is 0. The molecule has 6 N–H and O–H groups in total. The fourth-order valence-corrected chi connectivity index (χ4v) is 4.80. The standard InChI is InChI=1S/C18H35N5O/c1-11(2)15-10-16(19)22-17(21-15)23-18(24)20-14-8-7-12-5-3-4-6-13(12)9-14/h11-17,21-22H,3-10,19H2,1-2H3,(H2,20,23,24). The van der Waals surface area contributed by atoms with Crippen LogP contribution in [0.5, 0.6) is 0 Å². The number of urea groups is 1. The first-order chi connectivity index (χ1) is 11.5. The van der Waals surface area contributed by atoms with E-state index in [1.807, 2.05) is 0 Å². The zero-order chi connectivity index (χ0) is 17.1. The normalized spacial score (nSPS) is 40.0. The second kappa shape index (κ2) is 8.02. The van der Waals surface area contributed by atoms with Crippen molar-refractivity contribution in [1.82, 2.24) is 21.3 Å². The van der Waals surface area contributed by atoms with Crippen LogP contribution in [0.3, 0.4) is 0 Å². The number of carbonyl (C=O) groups excluding carboxylic acids is 1. The van der Waals surface area contributed by atoms with E-state index in [0.717, 1.165) is 31.1 Å². The van der Waals surface area contributed by atoms with Gasteiger partial charge in [0.1, 0.15) is 6.29 Å². The van der Waals surface area contributed by atoms with Gasteiger partial charge in [-0.1, -0.05) is 39.5 Å². The minimum Gasteiger partial charge on any atom is -0.335 e. The summed E-state index contributed by atoms with van der Waals surface area (Å²) in [6.45, 7) is 4.35. The van der Waals surface area contributed by atoms with Crippen molar-refractivity contribution in [3.8, 4) is 0 Å². The molecular formula is C18H35N5O. The van der Waals surface area contributed by atoms with Gasteiger partial charge in [0, 0.05) is 12.1 Å². The fourth-order valence-electron chi connectivity index (χ4n) is 4.80. The van der Waals surface area contributed by atoms with Gasteiger partial charge in [0.2, 0.25) is 0 Å². The molecule has 3 rings (SSSR count). The molecule has 6 nitrogen and oxygen atoms in total. The zero-order valence-corrected chi connectivity index (χ0v) is 15.2. The monoisotopic (exact) mass is 337 g/mol. The van der Waals surface area contributed by atoms with Crippen molar-refractivity contribution >= 4 is 6.03 Å². The van der Waals surface area contributed by atoms with Crippen LogP contribution in [0.15, 0.2) is 0 Å². The smallest absolute Gasteiger partial charge is 0.317 e. The Hall–Kier alpha value is -0.850. The predicted molar refractivity (Wildman–Crippen MR) is 96.0 cm³/mol. The lowest BCUT2D eigenvalue weighted by Crippen LogP contribution is -2.69. The molecular weight excluding hydrogens is 302 g/mol. The molecule has 0 radical (unpaired) electrons.